The fourth-order valence-electron chi connectivity index (χ4n) is 1.51. The van der Waals surface area contributed by atoms with Crippen molar-refractivity contribution >= 4 is 33.5 Å². The molecule has 1 aromatic carbocycles. The van der Waals surface area contributed by atoms with E-state index in [1.807, 2.05) is 30.3 Å². The van der Waals surface area contributed by atoms with Crippen LogP contribution in [0.5, 0.6) is 0 Å². The van der Waals surface area contributed by atoms with Crippen molar-refractivity contribution in [3.05, 3.63) is 47.1 Å². The maximum atomic E-state index is 10.7. The first-order chi connectivity index (χ1) is 8.94. The van der Waals surface area contributed by atoms with Crippen LogP contribution < -0.4 is 0 Å². The zero-order chi connectivity index (χ0) is 13.9. The van der Waals surface area contributed by atoms with Crippen molar-refractivity contribution < 1.29 is 13.0 Å². The predicted octanol–water partition coefficient (Wildman–Crippen LogP) is 3.25. The highest BCUT2D eigenvalue weighted by molar-refractivity contribution is 7.99. The Balaban J connectivity index is 2.04. The van der Waals surface area contributed by atoms with Crippen molar-refractivity contribution in [2.75, 3.05) is 5.75 Å². The van der Waals surface area contributed by atoms with Gasteiger partial charge in [-0.25, -0.2) is 0 Å². The minimum Gasteiger partial charge on any atom is -0.356 e. The molecular formula is C12H12ClNO3S2. The van der Waals surface area contributed by atoms with Crippen LogP contribution in [0, 0.1) is 0 Å². The lowest BCUT2D eigenvalue weighted by Gasteiger charge is -2.00. The lowest BCUT2D eigenvalue weighted by molar-refractivity contribution is 0.482. The van der Waals surface area contributed by atoms with Gasteiger partial charge in [0, 0.05) is 11.1 Å². The normalized spacial score (nSPS) is 11.7. The molecule has 4 nitrogen and oxygen atoms in total. The van der Waals surface area contributed by atoms with Gasteiger partial charge >= 0.3 is 0 Å². The van der Waals surface area contributed by atoms with Gasteiger partial charge in [-0.1, -0.05) is 35.5 Å². The molecule has 0 saturated heterocycles. The smallest absolute Gasteiger partial charge is 0.265 e. The summed E-state index contributed by atoms with van der Waals surface area (Å²) in [7, 11) is -3.92. The van der Waals surface area contributed by atoms with E-state index >= 15 is 0 Å². The van der Waals surface area contributed by atoms with E-state index in [-0.39, 0.29) is 12.2 Å². The second kappa shape index (κ2) is 6.00. The van der Waals surface area contributed by atoms with Crippen LogP contribution in [0.2, 0.25) is 5.02 Å². The van der Waals surface area contributed by atoms with E-state index in [9.17, 15) is 8.42 Å². The number of aryl methyl sites for hydroxylation is 1. The molecule has 2 aromatic rings. The van der Waals surface area contributed by atoms with Crippen LogP contribution in [0.25, 0.3) is 0 Å². The second-order valence-corrected chi connectivity index (χ2v) is 7.00. The highest BCUT2D eigenvalue weighted by Crippen LogP contribution is 2.32. The first-order valence-corrected chi connectivity index (χ1v) is 8.29. The number of hydrogen-bond donors (Lipinski definition) is 2. The van der Waals surface area contributed by atoms with Crippen LogP contribution >= 0.6 is 23.4 Å². The van der Waals surface area contributed by atoms with Crippen molar-refractivity contribution in [1.29, 1.82) is 0 Å². The predicted molar refractivity (Wildman–Crippen MR) is 76.5 cm³/mol. The summed E-state index contributed by atoms with van der Waals surface area (Å²) in [5.41, 5.74) is 0.826. The molecule has 0 fully saturated rings. The second-order valence-electron chi connectivity index (χ2n) is 3.94. The fraction of sp³-hybridized carbons (Fsp3) is 0.167. The maximum Gasteiger partial charge on any atom is 0.265 e. The van der Waals surface area contributed by atoms with Crippen LogP contribution in [-0.2, 0) is 16.5 Å². The van der Waals surface area contributed by atoms with Crippen LogP contribution in [0.1, 0.15) is 5.56 Å². The van der Waals surface area contributed by atoms with E-state index < -0.39 is 10.1 Å². The van der Waals surface area contributed by atoms with Crippen molar-refractivity contribution in [3.63, 3.8) is 0 Å². The minimum atomic E-state index is -3.92. The molecule has 19 heavy (non-hydrogen) atoms. The molecule has 1 heterocycles. The van der Waals surface area contributed by atoms with Gasteiger partial charge in [-0.2, -0.15) is 8.42 Å². The van der Waals surface area contributed by atoms with E-state index in [2.05, 4.69) is 4.98 Å². The summed E-state index contributed by atoms with van der Waals surface area (Å²) in [4.78, 5) is 3.97. The van der Waals surface area contributed by atoms with Crippen molar-refractivity contribution in [2.45, 2.75) is 16.3 Å². The topological polar surface area (TPSA) is 70.2 Å². The SMILES string of the molecule is O=S(=O)(O)CCc1c[nH]c(Sc2ccccc2Cl)c1. The van der Waals surface area contributed by atoms with E-state index in [0.717, 1.165) is 15.5 Å². The van der Waals surface area contributed by atoms with Gasteiger partial charge < -0.3 is 4.98 Å². The largest absolute Gasteiger partial charge is 0.356 e. The van der Waals surface area contributed by atoms with Crippen molar-refractivity contribution in [1.82, 2.24) is 4.98 Å². The molecule has 7 heteroatoms. The van der Waals surface area contributed by atoms with Crippen molar-refractivity contribution in [2.24, 2.45) is 0 Å². The molecule has 0 radical (unpaired) electrons. The molecule has 0 atom stereocenters. The summed E-state index contributed by atoms with van der Waals surface area (Å²) in [6.45, 7) is 0. The molecule has 0 aliphatic heterocycles. The third-order valence-corrected chi connectivity index (χ3v) is 4.61. The molecule has 0 aliphatic carbocycles. The summed E-state index contributed by atoms with van der Waals surface area (Å²) in [6, 6.07) is 9.33. The zero-order valence-electron chi connectivity index (χ0n) is 9.84. The Morgan fingerprint density at radius 2 is 2.05 bits per heavy atom. The Morgan fingerprint density at radius 1 is 1.32 bits per heavy atom. The summed E-state index contributed by atoms with van der Waals surface area (Å²) < 4.78 is 30.0. The molecule has 2 rings (SSSR count). The number of hydrogen-bond acceptors (Lipinski definition) is 3. The van der Waals surface area contributed by atoms with Crippen LogP contribution in [0.3, 0.4) is 0 Å². The number of aromatic amines is 1. The summed E-state index contributed by atoms with van der Waals surface area (Å²) >= 11 is 7.52. The Hall–Kier alpha value is -0.950. The van der Waals surface area contributed by atoms with Gasteiger partial charge in [0.15, 0.2) is 0 Å². The van der Waals surface area contributed by atoms with Gasteiger partial charge in [0.1, 0.15) is 0 Å². The van der Waals surface area contributed by atoms with Crippen molar-refractivity contribution in [3.8, 4) is 0 Å². The minimum absolute atomic E-state index is 0.276. The molecule has 0 bridgehead atoms. The van der Waals surface area contributed by atoms with Gasteiger partial charge in [0.2, 0.25) is 0 Å². The third kappa shape index (κ3) is 4.58. The summed E-state index contributed by atoms with van der Waals surface area (Å²) in [5, 5.41) is 1.54. The number of halogens is 1. The molecular weight excluding hydrogens is 306 g/mol. The van der Waals surface area contributed by atoms with E-state index in [1.54, 1.807) is 6.20 Å². The standard InChI is InChI=1S/C12H12ClNO3S2/c13-10-3-1-2-4-11(10)18-12-7-9(8-14-12)5-6-19(15,16)17/h1-4,7-8,14H,5-6H2,(H,15,16,17). The third-order valence-electron chi connectivity index (χ3n) is 2.42. The Morgan fingerprint density at radius 3 is 2.74 bits per heavy atom. The van der Waals surface area contributed by atoms with E-state index in [0.29, 0.717) is 5.02 Å². The number of rotatable bonds is 5. The quantitative estimate of drug-likeness (QED) is 0.830. The van der Waals surface area contributed by atoms with E-state index in [1.165, 1.54) is 11.8 Å². The van der Waals surface area contributed by atoms with Gasteiger partial charge in [0.25, 0.3) is 10.1 Å². The lowest BCUT2D eigenvalue weighted by Crippen LogP contribution is -2.05. The molecule has 0 amide bonds. The van der Waals surface area contributed by atoms with Crippen LogP contribution in [-0.4, -0.2) is 23.7 Å². The molecule has 0 saturated carbocycles. The summed E-state index contributed by atoms with van der Waals surface area (Å²) in [6.07, 6.45) is 2.00. The molecule has 0 spiro atoms. The zero-order valence-corrected chi connectivity index (χ0v) is 12.2. The Bertz CT molecular complexity index is 667. The molecule has 1 aromatic heterocycles. The number of nitrogens with one attached hydrogen (secondary N) is 1. The number of aromatic nitrogens is 1. The maximum absolute atomic E-state index is 10.7. The first kappa shape index (κ1) is 14.5. The summed E-state index contributed by atoms with van der Waals surface area (Å²) in [5.74, 6) is -0.277. The molecule has 0 unspecified atom stereocenters. The molecule has 102 valence electrons. The highest BCUT2D eigenvalue weighted by atomic mass is 35.5. The molecule has 2 N–H and O–H groups in total. The average molecular weight is 318 g/mol. The van der Waals surface area contributed by atoms with Crippen LogP contribution in [0.4, 0.5) is 0 Å². The average Bonchev–Trinajstić information content (AvgIpc) is 2.77. The monoisotopic (exact) mass is 317 g/mol. The number of benzene rings is 1. The van der Waals surface area contributed by atoms with Gasteiger partial charge in [-0.15, -0.1) is 0 Å². The molecule has 0 aliphatic rings. The Labute approximate surface area is 120 Å². The van der Waals surface area contributed by atoms with Gasteiger partial charge in [-0.3, -0.25) is 4.55 Å². The fourth-order valence-corrected chi connectivity index (χ4v) is 3.13. The number of H-pyrrole nitrogens is 1. The van der Waals surface area contributed by atoms with Gasteiger partial charge in [0.05, 0.1) is 15.8 Å². The van der Waals surface area contributed by atoms with Crippen LogP contribution in [0.15, 0.2) is 46.5 Å². The Kier molecular flexibility index (Phi) is 4.57. The first-order valence-electron chi connectivity index (χ1n) is 5.49. The van der Waals surface area contributed by atoms with Gasteiger partial charge in [-0.05, 0) is 30.2 Å². The lowest BCUT2D eigenvalue weighted by atomic mass is 10.3. The highest BCUT2D eigenvalue weighted by Gasteiger charge is 2.08. The van der Waals surface area contributed by atoms with E-state index in [4.69, 9.17) is 16.2 Å².